The fraction of sp³-hybridized carbons (Fsp3) is 0.429. The second-order valence-corrected chi connectivity index (χ2v) is 6.42. The van der Waals surface area contributed by atoms with E-state index in [1.165, 1.54) is 11.1 Å². The minimum Gasteiger partial charge on any atom is -0.493 e. The molecule has 4 nitrogen and oxygen atoms in total. The molecule has 0 atom stereocenters. The third-order valence-electron chi connectivity index (χ3n) is 4.46. The number of hydrogen-bond acceptors (Lipinski definition) is 4. The van der Waals surface area contributed by atoms with Crippen LogP contribution in [-0.2, 0) is 17.9 Å². The van der Waals surface area contributed by atoms with E-state index < -0.39 is 0 Å². The summed E-state index contributed by atoms with van der Waals surface area (Å²) in [4.78, 5) is 2.42. The number of aliphatic hydroxyl groups excluding tert-OH is 1. The summed E-state index contributed by atoms with van der Waals surface area (Å²) in [6, 6.07) is 14.7. The van der Waals surface area contributed by atoms with Crippen LogP contribution in [0.15, 0.2) is 42.5 Å². The summed E-state index contributed by atoms with van der Waals surface area (Å²) < 4.78 is 11.1. The molecule has 1 aliphatic heterocycles. The zero-order valence-corrected chi connectivity index (χ0v) is 14.9. The molecule has 1 aliphatic rings. The molecule has 2 aromatic rings. The highest BCUT2D eigenvalue weighted by Crippen LogP contribution is 2.28. The Morgan fingerprint density at radius 2 is 1.88 bits per heavy atom. The molecule has 1 saturated heterocycles. The zero-order valence-electron chi connectivity index (χ0n) is 14.9. The van der Waals surface area contributed by atoms with Gasteiger partial charge in [0.25, 0.3) is 0 Å². The average Bonchev–Trinajstić information content (AvgIpc) is 2.67. The van der Waals surface area contributed by atoms with Crippen LogP contribution in [-0.4, -0.2) is 42.9 Å². The molecule has 0 unspecified atom stereocenters. The van der Waals surface area contributed by atoms with Crippen LogP contribution in [0.25, 0.3) is 11.1 Å². The molecule has 0 spiro atoms. The molecule has 0 aliphatic carbocycles. The van der Waals surface area contributed by atoms with E-state index in [-0.39, 0.29) is 6.61 Å². The highest BCUT2D eigenvalue weighted by atomic mass is 16.5. The maximum atomic E-state index is 9.66. The lowest BCUT2D eigenvalue weighted by Crippen LogP contribution is -2.35. The normalized spacial score (nSPS) is 15.3. The number of aliphatic hydroxyl groups is 1. The molecule has 1 N–H and O–H groups in total. The second-order valence-electron chi connectivity index (χ2n) is 6.42. The van der Waals surface area contributed by atoms with Crippen LogP contribution in [0, 0.1) is 0 Å². The molecular formula is C21H27NO3. The van der Waals surface area contributed by atoms with Crippen molar-refractivity contribution in [2.75, 3.05) is 32.9 Å². The van der Waals surface area contributed by atoms with Gasteiger partial charge >= 0.3 is 0 Å². The molecule has 25 heavy (non-hydrogen) atoms. The van der Waals surface area contributed by atoms with Crippen LogP contribution < -0.4 is 4.74 Å². The smallest absolute Gasteiger partial charge is 0.124 e. The van der Waals surface area contributed by atoms with Crippen molar-refractivity contribution in [1.82, 2.24) is 4.90 Å². The fourth-order valence-corrected chi connectivity index (χ4v) is 3.10. The summed E-state index contributed by atoms with van der Waals surface area (Å²) in [5.41, 5.74) is 4.42. The summed E-state index contributed by atoms with van der Waals surface area (Å²) in [6.07, 6.45) is 0.955. The van der Waals surface area contributed by atoms with Crippen molar-refractivity contribution in [3.63, 3.8) is 0 Å². The molecular weight excluding hydrogens is 314 g/mol. The Morgan fingerprint density at radius 1 is 1.08 bits per heavy atom. The van der Waals surface area contributed by atoms with Crippen LogP contribution in [0.2, 0.25) is 0 Å². The lowest BCUT2D eigenvalue weighted by Gasteiger charge is -2.26. The Labute approximate surface area is 150 Å². The molecule has 3 rings (SSSR count). The molecule has 0 radical (unpaired) electrons. The Kier molecular flexibility index (Phi) is 6.45. The summed E-state index contributed by atoms with van der Waals surface area (Å²) in [5, 5.41) is 9.66. The van der Waals surface area contributed by atoms with Gasteiger partial charge in [-0.2, -0.15) is 0 Å². The van der Waals surface area contributed by atoms with Crippen LogP contribution >= 0.6 is 0 Å². The maximum Gasteiger partial charge on any atom is 0.124 e. The molecule has 0 bridgehead atoms. The minimum atomic E-state index is -0.0135. The Morgan fingerprint density at radius 3 is 2.64 bits per heavy atom. The van der Waals surface area contributed by atoms with Gasteiger partial charge in [0.15, 0.2) is 0 Å². The number of rotatable bonds is 7. The van der Waals surface area contributed by atoms with E-state index in [4.69, 9.17) is 9.47 Å². The number of nitrogens with zero attached hydrogens (tertiary/aromatic N) is 1. The zero-order chi connectivity index (χ0) is 17.5. The molecule has 4 heteroatoms. The Hall–Kier alpha value is -1.88. The van der Waals surface area contributed by atoms with Crippen LogP contribution in [0.1, 0.15) is 24.5 Å². The molecule has 0 amide bonds. The van der Waals surface area contributed by atoms with E-state index in [1.54, 1.807) is 0 Å². The Bertz CT molecular complexity index is 681. The van der Waals surface area contributed by atoms with Crippen molar-refractivity contribution < 1.29 is 14.6 Å². The van der Waals surface area contributed by atoms with Crippen LogP contribution in [0.4, 0.5) is 0 Å². The summed E-state index contributed by atoms with van der Waals surface area (Å²) in [6.45, 7) is 7.29. The standard InChI is InChI=1S/C21H27NO3/c1-2-10-25-21-7-6-19(14-20(21)16-23)18-5-3-4-17(13-18)15-22-8-11-24-12-9-22/h3-7,13-14,23H,2,8-12,15-16H2,1H3. The molecule has 0 aromatic heterocycles. The first kappa shape index (κ1) is 17.9. The highest BCUT2D eigenvalue weighted by molar-refractivity contribution is 5.66. The lowest BCUT2D eigenvalue weighted by molar-refractivity contribution is 0.0342. The molecule has 1 fully saturated rings. The fourth-order valence-electron chi connectivity index (χ4n) is 3.10. The van der Waals surface area contributed by atoms with Gasteiger partial charge in [-0.3, -0.25) is 4.90 Å². The minimum absolute atomic E-state index is 0.0135. The van der Waals surface area contributed by atoms with Crippen molar-refractivity contribution in [2.24, 2.45) is 0 Å². The average molecular weight is 341 g/mol. The first-order chi connectivity index (χ1) is 12.3. The van der Waals surface area contributed by atoms with Gasteiger partial charge in [-0.15, -0.1) is 0 Å². The summed E-state index contributed by atoms with van der Waals surface area (Å²) in [5.74, 6) is 0.776. The van der Waals surface area contributed by atoms with Gasteiger partial charge in [-0.1, -0.05) is 31.2 Å². The number of hydrogen-bond donors (Lipinski definition) is 1. The monoisotopic (exact) mass is 341 g/mol. The number of morpholine rings is 1. The van der Waals surface area contributed by atoms with Gasteiger partial charge in [-0.25, -0.2) is 0 Å². The lowest BCUT2D eigenvalue weighted by atomic mass is 10.0. The van der Waals surface area contributed by atoms with Crippen molar-refractivity contribution >= 4 is 0 Å². The summed E-state index contributed by atoms with van der Waals surface area (Å²) >= 11 is 0. The highest BCUT2D eigenvalue weighted by Gasteiger charge is 2.11. The van der Waals surface area contributed by atoms with Crippen molar-refractivity contribution in [1.29, 1.82) is 0 Å². The quantitative estimate of drug-likeness (QED) is 0.837. The van der Waals surface area contributed by atoms with Gasteiger partial charge in [0, 0.05) is 25.2 Å². The topological polar surface area (TPSA) is 41.9 Å². The van der Waals surface area contributed by atoms with E-state index in [0.717, 1.165) is 56.1 Å². The van der Waals surface area contributed by atoms with Crippen molar-refractivity contribution in [3.05, 3.63) is 53.6 Å². The van der Waals surface area contributed by atoms with Crippen molar-refractivity contribution in [3.8, 4) is 16.9 Å². The number of benzene rings is 2. The first-order valence-electron chi connectivity index (χ1n) is 9.06. The van der Waals surface area contributed by atoms with E-state index in [0.29, 0.717) is 6.61 Å². The maximum absolute atomic E-state index is 9.66. The predicted octanol–water partition coefficient (Wildman–Crippen LogP) is 3.47. The second kappa shape index (κ2) is 8.99. The van der Waals surface area contributed by atoms with Gasteiger partial charge in [-0.05, 0) is 41.3 Å². The summed E-state index contributed by atoms with van der Waals surface area (Å²) in [7, 11) is 0. The first-order valence-corrected chi connectivity index (χ1v) is 9.06. The Balaban J connectivity index is 1.77. The third-order valence-corrected chi connectivity index (χ3v) is 4.46. The van der Waals surface area contributed by atoms with Crippen molar-refractivity contribution in [2.45, 2.75) is 26.5 Å². The third kappa shape index (κ3) is 4.82. The van der Waals surface area contributed by atoms with E-state index >= 15 is 0 Å². The molecule has 1 heterocycles. The van der Waals surface area contributed by atoms with Crippen LogP contribution in [0.5, 0.6) is 5.75 Å². The van der Waals surface area contributed by atoms with Gasteiger partial charge in [0.1, 0.15) is 5.75 Å². The molecule has 134 valence electrons. The van der Waals surface area contributed by atoms with E-state index in [9.17, 15) is 5.11 Å². The van der Waals surface area contributed by atoms with Crippen LogP contribution in [0.3, 0.4) is 0 Å². The molecule has 2 aromatic carbocycles. The predicted molar refractivity (Wildman–Crippen MR) is 99.7 cm³/mol. The van der Waals surface area contributed by atoms with Gasteiger partial charge in [0.2, 0.25) is 0 Å². The van der Waals surface area contributed by atoms with Gasteiger partial charge in [0.05, 0.1) is 26.4 Å². The molecule has 0 saturated carbocycles. The number of ether oxygens (including phenoxy) is 2. The van der Waals surface area contributed by atoms with Gasteiger partial charge < -0.3 is 14.6 Å². The largest absolute Gasteiger partial charge is 0.493 e. The SMILES string of the molecule is CCCOc1ccc(-c2cccc(CN3CCOCC3)c2)cc1CO. The van der Waals surface area contributed by atoms with E-state index in [1.807, 2.05) is 12.1 Å². The van der Waals surface area contributed by atoms with E-state index in [2.05, 4.69) is 42.2 Å².